The molecular weight excluding hydrogens is 408 g/mol. The highest BCUT2D eigenvalue weighted by Gasteiger charge is 2.22. The van der Waals surface area contributed by atoms with Gasteiger partial charge in [-0.2, -0.15) is 4.98 Å². The lowest BCUT2D eigenvalue weighted by molar-refractivity contribution is 0.0898. The van der Waals surface area contributed by atoms with E-state index in [0.717, 1.165) is 11.1 Å². The van der Waals surface area contributed by atoms with Crippen LogP contribution in [0.5, 0.6) is 5.75 Å². The van der Waals surface area contributed by atoms with Crippen molar-refractivity contribution in [1.82, 2.24) is 15.5 Å². The van der Waals surface area contributed by atoms with E-state index >= 15 is 0 Å². The summed E-state index contributed by atoms with van der Waals surface area (Å²) in [6, 6.07) is 25.3. The number of para-hydroxylation sites is 1. The van der Waals surface area contributed by atoms with Crippen LogP contribution in [0.15, 0.2) is 89.5 Å². The van der Waals surface area contributed by atoms with E-state index < -0.39 is 11.8 Å². The van der Waals surface area contributed by atoms with Crippen molar-refractivity contribution >= 4 is 11.8 Å². The molecule has 2 amide bonds. The summed E-state index contributed by atoms with van der Waals surface area (Å²) < 4.78 is 10.7. The number of aromatic nitrogens is 2. The first-order valence-corrected chi connectivity index (χ1v) is 9.87. The van der Waals surface area contributed by atoms with Gasteiger partial charge in [-0.3, -0.25) is 9.59 Å². The summed E-state index contributed by atoms with van der Waals surface area (Å²) >= 11 is 0. The standard InChI is InChI=1S/C24H20N4O4/c25-22(29)18-13-7-8-14-19(18)31-15-20-26-24(32-28-20)23(30)27-21(16-9-3-1-4-10-16)17-11-5-2-6-12-17/h1-14,21H,15H2,(H2,25,29)(H,27,30). The van der Waals surface area contributed by atoms with Gasteiger partial charge in [-0.1, -0.05) is 78.0 Å². The minimum Gasteiger partial charge on any atom is -0.485 e. The Balaban J connectivity index is 1.48. The number of rotatable bonds is 8. The number of nitrogens with two attached hydrogens (primary N) is 1. The molecule has 0 fully saturated rings. The predicted molar refractivity (Wildman–Crippen MR) is 116 cm³/mol. The van der Waals surface area contributed by atoms with Crippen LogP contribution in [-0.2, 0) is 6.61 Å². The third-order valence-corrected chi connectivity index (χ3v) is 4.71. The van der Waals surface area contributed by atoms with Gasteiger partial charge < -0.3 is 20.3 Å². The van der Waals surface area contributed by atoms with Gasteiger partial charge in [-0.15, -0.1) is 0 Å². The Morgan fingerprint density at radius 2 is 1.50 bits per heavy atom. The highest BCUT2D eigenvalue weighted by molar-refractivity contribution is 5.95. The Bertz CT molecular complexity index is 1170. The lowest BCUT2D eigenvalue weighted by Crippen LogP contribution is -2.29. The average molecular weight is 428 g/mol. The minimum absolute atomic E-state index is 0.0954. The number of benzene rings is 3. The number of nitrogens with one attached hydrogen (secondary N) is 1. The molecule has 4 rings (SSSR count). The molecule has 0 aliphatic carbocycles. The van der Waals surface area contributed by atoms with Crippen LogP contribution < -0.4 is 15.8 Å². The van der Waals surface area contributed by atoms with Gasteiger partial charge in [-0.05, 0) is 23.3 Å². The van der Waals surface area contributed by atoms with Gasteiger partial charge in [0.15, 0.2) is 6.61 Å². The molecule has 0 saturated carbocycles. The Hall–Kier alpha value is -4.46. The third-order valence-electron chi connectivity index (χ3n) is 4.71. The Kier molecular flexibility index (Phi) is 6.22. The molecule has 1 heterocycles. The van der Waals surface area contributed by atoms with E-state index in [1.807, 2.05) is 60.7 Å². The van der Waals surface area contributed by atoms with Gasteiger partial charge in [0.25, 0.3) is 5.91 Å². The van der Waals surface area contributed by atoms with Gasteiger partial charge in [0.1, 0.15) is 5.75 Å². The number of hydrogen-bond donors (Lipinski definition) is 2. The molecule has 160 valence electrons. The number of nitrogens with zero attached hydrogens (tertiary/aromatic N) is 2. The van der Waals surface area contributed by atoms with E-state index in [1.165, 1.54) is 0 Å². The molecule has 0 atom stereocenters. The van der Waals surface area contributed by atoms with Gasteiger partial charge in [0, 0.05) is 0 Å². The second kappa shape index (κ2) is 9.57. The highest BCUT2D eigenvalue weighted by Crippen LogP contribution is 2.22. The summed E-state index contributed by atoms with van der Waals surface area (Å²) in [5.74, 6) is -0.862. The summed E-state index contributed by atoms with van der Waals surface area (Å²) in [7, 11) is 0. The first kappa shape index (κ1) is 20.8. The van der Waals surface area contributed by atoms with Crippen LogP contribution in [-0.4, -0.2) is 22.0 Å². The van der Waals surface area contributed by atoms with Gasteiger partial charge >= 0.3 is 11.8 Å². The van der Waals surface area contributed by atoms with Gasteiger partial charge in [0.05, 0.1) is 11.6 Å². The van der Waals surface area contributed by atoms with E-state index in [9.17, 15) is 9.59 Å². The monoisotopic (exact) mass is 428 g/mol. The van der Waals surface area contributed by atoms with E-state index in [1.54, 1.807) is 24.3 Å². The maximum absolute atomic E-state index is 12.8. The van der Waals surface area contributed by atoms with E-state index in [4.69, 9.17) is 15.0 Å². The number of hydrogen-bond acceptors (Lipinski definition) is 6. The molecule has 4 aromatic rings. The lowest BCUT2D eigenvalue weighted by atomic mass is 9.99. The smallest absolute Gasteiger partial charge is 0.316 e. The number of amides is 2. The van der Waals surface area contributed by atoms with Crippen molar-refractivity contribution in [1.29, 1.82) is 0 Å². The summed E-state index contributed by atoms with van der Waals surface area (Å²) in [5.41, 5.74) is 7.42. The normalized spacial score (nSPS) is 10.7. The van der Waals surface area contributed by atoms with Crippen molar-refractivity contribution in [2.24, 2.45) is 5.73 Å². The molecule has 0 unspecified atom stereocenters. The lowest BCUT2D eigenvalue weighted by Gasteiger charge is -2.18. The summed E-state index contributed by atoms with van der Waals surface area (Å²) in [4.78, 5) is 28.4. The maximum Gasteiger partial charge on any atom is 0.316 e. The van der Waals surface area contributed by atoms with Crippen LogP contribution in [0, 0.1) is 0 Å². The molecule has 0 aliphatic rings. The van der Waals surface area contributed by atoms with Crippen LogP contribution in [0.3, 0.4) is 0 Å². The first-order valence-electron chi connectivity index (χ1n) is 9.87. The van der Waals surface area contributed by atoms with Crippen LogP contribution in [0.2, 0.25) is 0 Å². The number of carbonyl (C=O) groups excluding carboxylic acids is 2. The quantitative estimate of drug-likeness (QED) is 0.444. The molecule has 8 heteroatoms. The highest BCUT2D eigenvalue weighted by atomic mass is 16.5. The van der Waals surface area contributed by atoms with Crippen molar-refractivity contribution in [3.8, 4) is 5.75 Å². The van der Waals surface area contributed by atoms with Gasteiger partial charge in [-0.25, -0.2) is 0 Å². The van der Waals surface area contributed by atoms with Crippen molar-refractivity contribution in [2.75, 3.05) is 0 Å². The second-order valence-corrected chi connectivity index (χ2v) is 6.89. The van der Waals surface area contributed by atoms with Crippen molar-refractivity contribution in [2.45, 2.75) is 12.6 Å². The molecule has 1 aromatic heterocycles. The van der Waals surface area contributed by atoms with Crippen LogP contribution in [0.1, 0.15) is 44.0 Å². The van der Waals surface area contributed by atoms with Gasteiger partial charge in [0.2, 0.25) is 5.82 Å². The van der Waals surface area contributed by atoms with Crippen LogP contribution in [0.4, 0.5) is 0 Å². The van der Waals surface area contributed by atoms with Crippen molar-refractivity contribution in [3.05, 3.63) is 113 Å². The van der Waals surface area contributed by atoms with E-state index in [2.05, 4.69) is 15.5 Å². The topological polar surface area (TPSA) is 120 Å². The summed E-state index contributed by atoms with van der Waals surface area (Å²) in [5, 5.41) is 6.73. The minimum atomic E-state index is -0.610. The Morgan fingerprint density at radius 1 is 0.906 bits per heavy atom. The number of primary amides is 1. The molecule has 3 N–H and O–H groups in total. The predicted octanol–water partition coefficient (Wildman–Crippen LogP) is 3.27. The molecule has 0 bridgehead atoms. The fourth-order valence-electron chi connectivity index (χ4n) is 3.19. The Morgan fingerprint density at radius 3 is 2.12 bits per heavy atom. The summed E-state index contributed by atoms with van der Waals surface area (Å²) in [6.45, 7) is -0.0954. The SMILES string of the molecule is NC(=O)c1ccccc1OCc1noc(C(=O)NC(c2ccccc2)c2ccccc2)n1. The molecular formula is C24H20N4O4. The number of carbonyl (C=O) groups is 2. The largest absolute Gasteiger partial charge is 0.485 e. The van der Waals surface area contributed by atoms with Crippen molar-refractivity contribution in [3.63, 3.8) is 0 Å². The first-order chi connectivity index (χ1) is 15.6. The van der Waals surface area contributed by atoms with E-state index in [0.29, 0.717) is 5.75 Å². The summed E-state index contributed by atoms with van der Waals surface area (Å²) in [6.07, 6.45) is 0. The molecule has 3 aromatic carbocycles. The fraction of sp³-hybridized carbons (Fsp3) is 0.0833. The third kappa shape index (κ3) is 4.81. The van der Waals surface area contributed by atoms with Crippen LogP contribution >= 0.6 is 0 Å². The zero-order chi connectivity index (χ0) is 22.3. The molecule has 0 saturated heterocycles. The molecule has 0 spiro atoms. The Labute approximate surface area is 184 Å². The molecule has 8 nitrogen and oxygen atoms in total. The molecule has 0 aliphatic heterocycles. The number of ether oxygens (including phenoxy) is 1. The zero-order valence-corrected chi connectivity index (χ0v) is 17.0. The maximum atomic E-state index is 12.8. The van der Waals surface area contributed by atoms with Crippen LogP contribution in [0.25, 0.3) is 0 Å². The van der Waals surface area contributed by atoms with Crippen molar-refractivity contribution < 1.29 is 18.8 Å². The average Bonchev–Trinajstić information content (AvgIpc) is 3.31. The molecule has 32 heavy (non-hydrogen) atoms. The molecule has 0 radical (unpaired) electrons. The second-order valence-electron chi connectivity index (χ2n) is 6.89. The fourth-order valence-corrected chi connectivity index (χ4v) is 3.19. The van der Waals surface area contributed by atoms with E-state index in [-0.39, 0.29) is 29.9 Å². The zero-order valence-electron chi connectivity index (χ0n) is 17.0.